The molecule has 1 aliphatic rings. The summed E-state index contributed by atoms with van der Waals surface area (Å²) in [5.74, 6) is 0. The summed E-state index contributed by atoms with van der Waals surface area (Å²) in [6.45, 7) is 0.876. The van der Waals surface area contributed by atoms with Crippen LogP contribution in [0.15, 0.2) is 24.4 Å². The normalized spacial score (nSPS) is 15.6. The van der Waals surface area contributed by atoms with Crippen molar-refractivity contribution in [3.8, 4) is 0 Å². The monoisotopic (exact) mass is 234 g/mol. The van der Waals surface area contributed by atoms with E-state index < -0.39 is 6.09 Å². The van der Waals surface area contributed by atoms with Crippen LogP contribution in [-0.2, 0) is 6.61 Å². The molecule has 1 amide bonds. The zero-order chi connectivity index (χ0) is 12.3. The number of carbonyl (C=O) groups is 1. The van der Waals surface area contributed by atoms with Gasteiger partial charge in [-0.2, -0.15) is 0 Å². The minimum atomic E-state index is -0.881. The number of aromatic nitrogens is 1. The molecule has 5 heteroatoms. The van der Waals surface area contributed by atoms with E-state index in [9.17, 15) is 4.79 Å². The number of aliphatic hydroxyl groups excluding tert-OH is 1. The third-order valence-electron chi connectivity index (χ3n) is 2.84. The molecule has 1 aromatic heterocycles. The SMILES string of the molecule is O=C(O)N1CC=C(c2ccc(CO)nc2)CC1. The van der Waals surface area contributed by atoms with Gasteiger partial charge in [0.25, 0.3) is 0 Å². The van der Waals surface area contributed by atoms with Gasteiger partial charge in [-0.3, -0.25) is 4.98 Å². The lowest BCUT2D eigenvalue weighted by Crippen LogP contribution is -2.33. The summed E-state index contributed by atoms with van der Waals surface area (Å²) in [5, 5.41) is 17.7. The van der Waals surface area contributed by atoms with Crippen LogP contribution in [0, 0.1) is 0 Å². The molecule has 2 rings (SSSR count). The van der Waals surface area contributed by atoms with E-state index in [1.54, 1.807) is 12.3 Å². The standard InChI is InChI=1S/C12H14N2O3/c15-8-11-2-1-10(7-13-11)9-3-5-14(6-4-9)12(16)17/h1-3,7,15H,4-6,8H2,(H,16,17). The molecule has 0 fully saturated rings. The van der Waals surface area contributed by atoms with Crippen molar-refractivity contribution < 1.29 is 15.0 Å². The van der Waals surface area contributed by atoms with Crippen molar-refractivity contribution in [2.24, 2.45) is 0 Å². The van der Waals surface area contributed by atoms with Crippen LogP contribution in [0.25, 0.3) is 5.57 Å². The maximum absolute atomic E-state index is 10.7. The van der Waals surface area contributed by atoms with Crippen molar-refractivity contribution in [1.29, 1.82) is 0 Å². The van der Waals surface area contributed by atoms with E-state index in [0.717, 1.165) is 11.1 Å². The Kier molecular flexibility index (Phi) is 3.39. The van der Waals surface area contributed by atoms with Gasteiger partial charge in [-0.1, -0.05) is 12.1 Å². The lowest BCUT2D eigenvalue weighted by molar-refractivity contribution is 0.150. The Bertz CT molecular complexity index is 440. The van der Waals surface area contributed by atoms with E-state index >= 15 is 0 Å². The first-order valence-electron chi connectivity index (χ1n) is 5.44. The minimum absolute atomic E-state index is 0.0634. The van der Waals surface area contributed by atoms with E-state index in [4.69, 9.17) is 10.2 Å². The first-order valence-corrected chi connectivity index (χ1v) is 5.44. The van der Waals surface area contributed by atoms with Crippen LogP contribution in [0.2, 0.25) is 0 Å². The Hall–Kier alpha value is -1.88. The second-order valence-electron chi connectivity index (χ2n) is 3.90. The van der Waals surface area contributed by atoms with E-state index in [1.165, 1.54) is 4.90 Å². The van der Waals surface area contributed by atoms with Crippen molar-refractivity contribution in [2.75, 3.05) is 13.1 Å². The summed E-state index contributed by atoms with van der Waals surface area (Å²) in [7, 11) is 0. The third kappa shape index (κ3) is 2.62. The maximum atomic E-state index is 10.7. The average molecular weight is 234 g/mol. The minimum Gasteiger partial charge on any atom is -0.465 e. The molecule has 90 valence electrons. The lowest BCUT2D eigenvalue weighted by Gasteiger charge is -2.23. The summed E-state index contributed by atoms with van der Waals surface area (Å²) in [4.78, 5) is 16.2. The Morgan fingerprint density at radius 2 is 2.29 bits per heavy atom. The molecule has 0 saturated carbocycles. The van der Waals surface area contributed by atoms with Gasteiger partial charge in [0.05, 0.1) is 12.3 Å². The summed E-state index contributed by atoms with van der Waals surface area (Å²) in [5.41, 5.74) is 2.74. The van der Waals surface area contributed by atoms with Gasteiger partial charge in [0.2, 0.25) is 0 Å². The van der Waals surface area contributed by atoms with E-state index in [0.29, 0.717) is 25.2 Å². The molecular formula is C12H14N2O3. The van der Waals surface area contributed by atoms with Gasteiger partial charge < -0.3 is 15.1 Å². The molecule has 2 heterocycles. The van der Waals surface area contributed by atoms with Crippen LogP contribution in [0.4, 0.5) is 4.79 Å². The quantitative estimate of drug-likeness (QED) is 0.809. The van der Waals surface area contributed by atoms with Crippen LogP contribution < -0.4 is 0 Å². The summed E-state index contributed by atoms with van der Waals surface area (Å²) < 4.78 is 0. The fraction of sp³-hybridized carbons (Fsp3) is 0.333. The van der Waals surface area contributed by atoms with E-state index in [2.05, 4.69) is 4.98 Å². The Labute approximate surface area is 99.0 Å². The predicted molar refractivity (Wildman–Crippen MR) is 62.4 cm³/mol. The number of amides is 1. The first-order chi connectivity index (χ1) is 8.20. The predicted octanol–water partition coefficient (Wildman–Crippen LogP) is 1.34. The van der Waals surface area contributed by atoms with Crippen LogP contribution in [0.1, 0.15) is 17.7 Å². The molecule has 17 heavy (non-hydrogen) atoms. The zero-order valence-corrected chi connectivity index (χ0v) is 9.33. The van der Waals surface area contributed by atoms with Crippen LogP contribution in [0.5, 0.6) is 0 Å². The molecule has 0 unspecified atom stereocenters. The molecule has 0 aliphatic carbocycles. The highest BCUT2D eigenvalue weighted by Gasteiger charge is 2.16. The van der Waals surface area contributed by atoms with E-state index in [1.807, 2.05) is 12.1 Å². The smallest absolute Gasteiger partial charge is 0.407 e. The fourth-order valence-corrected chi connectivity index (χ4v) is 1.81. The number of hydrogen-bond acceptors (Lipinski definition) is 3. The second kappa shape index (κ2) is 4.97. The summed E-state index contributed by atoms with van der Waals surface area (Å²) in [6, 6.07) is 3.68. The number of carboxylic acid groups (broad SMARTS) is 1. The molecule has 0 radical (unpaired) electrons. The largest absolute Gasteiger partial charge is 0.465 e. The molecule has 0 spiro atoms. The number of aliphatic hydroxyl groups is 1. The van der Waals surface area contributed by atoms with Crippen molar-refractivity contribution in [3.05, 3.63) is 35.7 Å². The number of nitrogens with zero attached hydrogens (tertiary/aromatic N) is 2. The number of pyridine rings is 1. The van der Waals surface area contributed by atoms with Gasteiger partial charge in [-0.15, -0.1) is 0 Å². The van der Waals surface area contributed by atoms with Gasteiger partial charge in [-0.25, -0.2) is 4.79 Å². The average Bonchev–Trinajstić information content (AvgIpc) is 2.39. The lowest BCUT2D eigenvalue weighted by atomic mass is 10.0. The molecule has 2 N–H and O–H groups in total. The Morgan fingerprint density at radius 1 is 1.47 bits per heavy atom. The topological polar surface area (TPSA) is 73.7 Å². The van der Waals surface area contributed by atoms with Gasteiger partial charge in [-0.05, 0) is 23.6 Å². The highest BCUT2D eigenvalue weighted by molar-refractivity contribution is 5.70. The van der Waals surface area contributed by atoms with Crippen LogP contribution in [-0.4, -0.2) is 39.3 Å². The van der Waals surface area contributed by atoms with Crippen molar-refractivity contribution in [3.63, 3.8) is 0 Å². The molecule has 0 saturated heterocycles. The molecular weight excluding hydrogens is 220 g/mol. The number of hydrogen-bond donors (Lipinski definition) is 2. The Morgan fingerprint density at radius 3 is 2.76 bits per heavy atom. The van der Waals surface area contributed by atoms with Crippen LogP contribution >= 0.6 is 0 Å². The second-order valence-corrected chi connectivity index (χ2v) is 3.90. The number of rotatable bonds is 2. The van der Waals surface area contributed by atoms with Crippen LogP contribution in [0.3, 0.4) is 0 Å². The van der Waals surface area contributed by atoms with Gasteiger partial charge in [0.15, 0.2) is 0 Å². The van der Waals surface area contributed by atoms with Crippen molar-refractivity contribution >= 4 is 11.7 Å². The molecule has 0 atom stereocenters. The highest BCUT2D eigenvalue weighted by atomic mass is 16.4. The molecule has 1 aromatic rings. The zero-order valence-electron chi connectivity index (χ0n) is 9.33. The van der Waals surface area contributed by atoms with Gasteiger partial charge >= 0.3 is 6.09 Å². The first kappa shape index (κ1) is 11.6. The molecule has 0 aromatic carbocycles. The molecule has 5 nitrogen and oxygen atoms in total. The maximum Gasteiger partial charge on any atom is 0.407 e. The molecule has 0 bridgehead atoms. The summed E-state index contributed by atoms with van der Waals surface area (Å²) >= 11 is 0. The fourth-order valence-electron chi connectivity index (χ4n) is 1.81. The molecule has 1 aliphatic heterocycles. The highest BCUT2D eigenvalue weighted by Crippen LogP contribution is 2.21. The third-order valence-corrected chi connectivity index (χ3v) is 2.84. The van der Waals surface area contributed by atoms with Gasteiger partial charge in [0.1, 0.15) is 0 Å². The van der Waals surface area contributed by atoms with Crippen molar-refractivity contribution in [2.45, 2.75) is 13.0 Å². The summed E-state index contributed by atoms with van der Waals surface area (Å²) in [6.07, 6.45) is 3.45. The van der Waals surface area contributed by atoms with Crippen molar-refractivity contribution in [1.82, 2.24) is 9.88 Å². The Balaban J connectivity index is 2.10. The van der Waals surface area contributed by atoms with E-state index in [-0.39, 0.29) is 6.61 Å². The van der Waals surface area contributed by atoms with Gasteiger partial charge in [0, 0.05) is 19.3 Å².